The molecule has 23 heavy (non-hydrogen) atoms. The van der Waals surface area contributed by atoms with E-state index >= 15 is 0 Å². The Kier molecular flexibility index (Phi) is 3.86. The number of carbonyl (C=O) groups is 2. The topological polar surface area (TPSA) is 49.4 Å². The van der Waals surface area contributed by atoms with Crippen LogP contribution in [-0.4, -0.2) is 17.9 Å². The highest BCUT2D eigenvalue weighted by atomic mass is 19.1. The third-order valence-electron chi connectivity index (χ3n) is 3.94. The van der Waals surface area contributed by atoms with Gasteiger partial charge in [0.05, 0.1) is 17.8 Å². The Morgan fingerprint density at radius 1 is 1.13 bits per heavy atom. The van der Waals surface area contributed by atoms with Gasteiger partial charge in [0.1, 0.15) is 11.9 Å². The quantitative estimate of drug-likeness (QED) is 0.886. The average Bonchev–Trinajstić information content (AvgIpc) is 2.77. The van der Waals surface area contributed by atoms with Crippen molar-refractivity contribution in [2.45, 2.75) is 26.3 Å². The molecule has 3 rings (SSSR count). The maximum Gasteiger partial charge on any atom is 0.256 e. The van der Waals surface area contributed by atoms with Crippen molar-refractivity contribution < 1.29 is 14.0 Å². The van der Waals surface area contributed by atoms with Crippen LogP contribution in [0.25, 0.3) is 0 Å². The molecule has 0 radical (unpaired) electrons. The number of halogens is 1. The maximum absolute atomic E-state index is 13.7. The molecule has 0 aliphatic carbocycles. The summed E-state index contributed by atoms with van der Waals surface area (Å²) in [5, 5.41) is 2.83. The number of nitrogens with one attached hydrogen (secondary N) is 1. The lowest BCUT2D eigenvalue weighted by molar-refractivity contribution is -0.121. The SMILES string of the molecule is Cc1ccc(N2C(=O)C[C@@H](Nc3ccccc3F)C2=O)c(C)c1. The molecule has 0 saturated carbocycles. The number of carbonyl (C=O) groups excluding carboxylic acids is 2. The molecule has 1 aliphatic heterocycles. The highest BCUT2D eigenvalue weighted by Gasteiger charge is 2.40. The number of benzene rings is 2. The second-order valence-corrected chi connectivity index (χ2v) is 5.74. The van der Waals surface area contributed by atoms with E-state index in [2.05, 4.69) is 5.32 Å². The van der Waals surface area contributed by atoms with E-state index in [4.69, 9.17) is 0 Å². The van der Waals surface area contributed by atoms with Crippen molar-refractivity contribution in [3.63, 3.8) is 0 Å². The summed E-state index contributed by atoms with van der Waals surface area (Å²) in [5.74, 6) is -1.08. The molecule has 118 valence electrons. The van der Waals surface area contributed by atoms with Crippen LogP contribution >= 0.6 is 0 Å². The summed E-state index contributed by atoms with van der Waals surface area (Å²) in [6.45, 7) is 3.81. The molecular formula is C18H17FN2O2. The van der Waals surface area contributed by atoms with Crippen LogP contribution < -0.4 is 10.2 Å². The number of aryl methyl sites for hydroxylation is 2. The predicted molar refractivity (Wildman–Crippen MR) is 86.8 cm³/mol. The van der Waals surface area contributed by atoms with E-state index in [1.807, 2.05) is 26.0 Å². The van der Waals surface area contributed by atoms with E-state index in [1.165, 1.54) is 11.0 Å². The van der Waals surface area contributed by atoms with Gasteiger partial charge in [-0.3, -0.25) is 9.59 Å². The lowest BCUT2D eigenvalue weighted by atomic mass is 10.1. The zero-order valence-corrected chi connectivity index (χ0v) is 13.0. The van der Waals surface area contributed by atoms with E-state index in [0.29, 0.717) is 5.69 Å². The van der Waals surface area contributed by atoms with Crippen LogP contribution in [0, 0.1) is 19.7 Å². The number of hydrogen-bond acceptors (Lipinski definition) is 3. The van der Waals surface area contributed by atoms with Crippen LogP contribution in [0.2, 0.25) is 0 Å². The first-order chi connectivity index (χ1) is 11.0. The van der Waals surface area contributed by atoms with E-state index in [9.17, 15) is 14.0 Å². The first-order valence-corrected chi connectivity index (χ1v) is 7.42. The lowest BCUT2D eigenvalue weighted by Gasteiger charge is -2.18. The molecule has 2 aromatic rings. The van der Waals surface area contributed by atoms with Gasteiger partial charge in [0.2, 0.25) is 5.91 Å². The van der Waals surface area contributed by atoms with E-state index < -0.39 is 11.9 Å². The largest absolute Gasteiger partial charge is 0.371 e. The van der Waals surface area contributed by atoms with Crippen LogP contribution in [0.5, 0.6) is 0 Å². The Balaban J connectivity index is 1.87. The molecule has 5 heteroatoms. The fourth-order valence-electron chi connectivity index (χ4n) is 2.82. The van der Waals surface area contributed by atoms with Gasteiger partial charge in [0.25, 0.3) is 5.91 Å². The van der Waals surface area contributed by atoms with Crippen molar-refractivity contribution in [2.24, 2.45) is 0 Å². The van der Waals surface area contributed by atoms with Crippen LogP contribution in [0.15, 0.2) is 42.5 Å². The molecule has 0 unspecified atom stereocenters. The Bertz CT molecular complexity index is 788. The number of para-hydroxylation sites is 1. The van der Waals surface area contributed by atoms with Crippen molar-refractivity contribution in [1.82, 2.24) is 0 Å². The Morgan fingerprint density at radius 3 is 2.57 bits per heavy atom. The summed E-state index contributed by atoms with van der Waals surface area (Å²) in [6.07, 6.45) is 0.0144. The standard InChI is InChI=1S/C18H17FN2O2/c1-11-7-8-16(12(2)9-11)21-17(22)10-15(18(21)23)20-14-6-4-3-5-13(14)19/h3-9,15,20H,10H2,1-2H3/t15-/m1/s1. The molecule has 0 spiro atoms. The van der Waals surface area contributed by atoms with E-state index in [0.717, 1.165) is 11.1 Å². The molecule has 1 heterocycles. The second-order valence-electron chi connectivity index (χ2n) is 5.74. The number of imide groups is 1. The summed E-state index contributed by atoms with van der Waals surface area (Å²) in [5.41, 5.74) is 2.73. The molecule has 4 nitrogen and oxygen atoms in total. The fraction of sp³-hybridized carbons (Fsp3) is 0.222. The summed E-state index contributed by atoms with van der Waals surface area (Å²) in [7, 11) is 0. The van der Waals surface area contributed by atoms with E-state index in [-0.39, 0.29) is 23.9 Å². The van der Waals surface area contributed by atoms with Gasteiger partial charge in [-0.2, -0.15) is 0 Å². The number of nitrogens with zero attached hydrogens (tertiary/aromatic N) is 1. The molecule has 0 bridgehead atoms. The Morgan fingerprint density at radius 2 is 1.87 bits per heavy atom. The third kappa shape index (κ3) is 2.82. The Labute approximate surface area is 133 Å². The fourth-order valence-corrected chi connectivity index (χ4v) is 2.82. The zero-order chi connectivity index (χ0) is 16.6. The summed E-state index contributed by atoms with van der Waals surface area (Å²) >= 11 is 0. The maximum atomic E-state index is 13.7. The van der Waals surface area contributed by atoms with Gasteiger partial charge in [-0.05, 0) is 37.6 Å². The van der Waals surface area contributed by atoms with Crippen LogP contribution in [0.1, 0.15) is 17.5 Å². The third-order valence-corrected chi connectivity index (χ3v) is 3.94. The predicted octanol–water partition coefficient (Wildman–Crippen LogP) is 3.19. The van der Waals surface area contributed by atoms with Gasteiger partial charge in [-0.1, -0.05) is 29.8 Å². The average molecular weight is 312 g/mol. The highest BCUT2D eigenvalue weighted by molar-refractivity contribution is 6.23. The van der Waals surface area contributed by atoms with Crippen LogP contribution in [-0.2, 0) is 9.59 Å². The van der Waals surface area contributed by atoms with Crippen molar-refractivity contribution in [3.8, 4) is 0 Å². The van der Waals surface area contributed by atoms with Crippen LogP contribution in [0.4, 0.5) is 15.8 Å². The molecule has 0 aromatic heterocycles. The van der Waals surface area contributed by atoms with Gasteiger partial charge in [0, 0.05) is 0 Å². The first-order valence-electron chi connectivity index (χ1n) is 7.42. The van der Waals surface area contributed by atoms with Crippen molar-refractivity contribution >= 4 is 23.2 Å². The van der Waals surface area contributed by atoms with Crippen molar-refractivity contribution in [2.75, 3.05) is 10.2 Å². The smallest absolute Gasteiger partial charge is 0.256 e. The normalized spacial score (nSPS) is 17.7. The molecular weight excluding hydrogens is 295 g/mol. The number of anilines is 2. The summed E-state index contributed by atoms with van der Waals surface area (Å²) < 4.78 is 13.7. The minimum Gasteiger partial charge on any atom is -0.371 e. The summed E-state index contributed by atoms with van der Waals surface area (Å²) in [6, 6.07) is 10.9. The first kappa shape index (κ1) is 15.2. The molecule has 1 aliphatic rings. The number of rotatable bonds is 3. The van der Waals surface area contributed by atoms with Gasteiger partial charge in [0.15, 0.2) is 0 Å². The van der Waals surface area contributed by atoms with Gasteiger partial charge >= 0.3 is 0 Å². The minimum absolute atomic E-state index is 0.0144. The Hall–Kier alpha value is -2.69. The van der Waals surface area contributed by atoms with Gasteiger partial charge < -0.3 is 5.32 Å². The van der Waals surface area contributed by atoms with Gasteiger partial charge in [-0.25, -0.2) is 9.29 Å². The highest BCUT2D eigenvalue weighted by Crippen LogP contribution is 2.28. The molecule has 2 aromatic carbocycles. The molecule has 1 N–H and O–H groups in total. The van der Waals surface area contributed by atoms with Crippen molar-refractivity contribution in [3.05, 3.63) is 59.4 Å². The monoisotopic (exact) mass is 312 g/mol. The zero-order valence-electron chi connectivity index (χ0n) is 13.0. The van der Waals surface area contributed by atoms with Crippen molar-refractivity contribution in [1.29, 1.82) is 0 Å². The minimum atomic E-state index is -0.750. The van der Waals surface area contributed by atoms with E-state index in [1.54, 1.807) is 24.3 Å². The lowest BCUT2D eigenvalue weighted by Crippen LogP contribution is -2.35. The number of amides is 2. The molecule has 1 atom stereocenters. The molecule has 2 amide bonds. The van der Waals surface area contributed by atoms with Crippen LogP contribution in [0.3, 0.4) is 0 Å². The second kappa shape index (κ2) is 5.83. The molecule has 1 saturated heterocycles. The summed E-state index contributed by atoms with van der Waals surface area (Å²) in [4.78, 5) is 26.1. The molecule has 1 fully saturated rings. The number of hydrogen-bond donors (Lipinski definition) is 1. The van der Waals surface area contributed by atoms with Gasteiger partial charge in [-0.15, -0.1) is 0 Å².